The van der Waals surface area contributed by atoms with Crippen molar-refractivity contribution in [1.29, 1.82) is 5.26 Å². The quantitative estimate of drug-likeness (QED) is 0.612. The van der Waals surface area contributed by atoms with Crippen LogP contribution in [0.25, 0.3) is 6.08 Å². The fourth-order valence-corrected chi connectivity index (χ4v) is 1.39. The molecule has 2 rings (SSSR count). The number of halogens is 1. The van der Waals surface area contributed by atoms with Crippen LogP contribution in [0, 0.1) is 11.3 Å². The first-order valence-corrected chi connectivity index (χ1v) is 4.21. The summed E-state index contributed by atoms with van der Waals surface area (Å²) in [6.45, 7) is -0.0441. The van der Waals surface area contributed by atoms with Gasteiger partial charge in [-0.05, 0) is 11.6 Å². The third kappa shape index (κ3) is 1.42. The van der Waals surface area contributed by atoms with Crippen LogP contribution in [0.5, 0.6) is 0 Å². The predicted octanol–water partition coefficient (Wildman–Crippen LogP) is 2.32. The Morgan fingerprint density at radius 3 is 2.93 bits per heavy atom. The molecule has 14 heavy (non-hydrogen) atoms. The standard InChI is InChI=1S/C11H7FN2/c12-9-5-8-3-1-2-4-10(8)11(6-13)14-7-9/h1-5H,7H2. The van der Waals surface area contributed by atoms with Gasteiger partial charge in [-0.15, -0.1) is 0 Å². The van der Waals surface area contributed by atoms with Gasteiger partial charge in [0, 0.05) is 5.56 Å². The molecular weight excluding hydrogens is 179 g/mol. The maximum absolute atomic E-state index is 13.1. The van der Waals surface area contributed by atoms with E-state index in [-0.39, 0.29) is 12.4 Å². The Bertz CT molecular complexity index is 466. The molecule has 0 spiro atoms. The summed E-state index contributed by atoms with van der Waals surface area (Å²) in [7, 11) is 0. The molecule has 0 atom stereocenters. The van der Waals surface area contributed by atoms with Crippen molar-refractivity contribution in [2.45, 2.75) is 0 Å². The molecule has 1 heterocycles. The Morgan fingerprint density at radius 1 is 1.36 bits per heavy atom. The zero-order chi connectivity index (χ0) is 9.97. The third-order valence-corrected chi connectivity index (χ3v) is 2.02. The van der Waals surface area contributed by atoms with Crippen LogP contribution in [-0.2, 0) is 0 Å². The van der Waals surface area contributed by atoms with Crippen LogP contribution in [0.4, 0.5) is 4.39 Å². The fraction of sp³-hybridized carbons (Fsp3) is 0.0909. The number of nitriles is 1. The molecule has 0 unspecified atom stereocenters. The van der Waals surface area contributed by atoms with E-state index >= 15 is 0 Å². The SMILES string of the molecule is N#CC1=NCC(F)=Cc2ccccc21. The van der Waals surface area contributed by atoms with E-state index in [0.717, 1.165) is 0 Å². The molecule has 0 saturated carbocycles. The van der Waals surface area contributed by atoms with Crippen LogP contribution in [-0.4, -0.2) is 12.3 Å². The largest absolute Gasteiger partial charge is 0.266 e. The van der Waals surface area contributed by atoms with Crippen LogP contribution < -0.4 is 0 Å². The smallest absolute Gasteiger partial charge is 0.143 e. The normalized spacial score (nSPS) is 14.6. The lowest BCUT2D eigenvalue weighted by molar-refractivity contribution is 0.628. The van der Waals surface area contributed by atoms with E-state index in [0.29, 0.717) is 16.8 Å². The van der Waals surface area contributed by atoms with Gasteiger partial charge in [0.2, 0.25) is 0 Å². The molecule has 0 N–H and O–H groups in total. The van der Waals surface area contributed by atoms with Gasteiger partial charge in [0.25, 0.3) is 0 Å². The van der Waals surface area contributed by atoms with Crippen molar-refractivity contribution in [2.24, 2.45) is 4.99 Å². The van der Waals surface area contributed by atoms with Gasteiger partial charge in [-0.3, -0.25) is 4.99 Å². The predicted molar refractivity (Wildman–Crippen MR) is 52.5 cm³/mol. The zero-order valence-electron chi connectivity index (χ0n) is 7.37. The number of hydrogen-bond donors (Lipinski definition) is 0. The highest BCUT2D eigenvalue weighted by Gasteiger charge is 2.11. The van der Waals surface area contributed by atoms with E-state index in [9.17, 15) is 4.39 Å². The van der Waals surface area contributed by atoms with Crippen molar-refractivity contribution >= 4 is 11.8 Å². The van der Waals surface area contributed by atoms with Crippen molar-refractivity contribution in [1.82, 2.24) is 0 Å². The molecule has 1 aromatic rings. The molecule has 1 aliphatic heterocycles. The lowest BCUT2D eigenvalue weighted by Crippen LogP contribution is -1.98. The van der Waals surface area contributed by atoms with Gasteiger partial charge >= 0.3 is 0 Å². The van der Waals surface area contributed by atoms with Crippen molar-refractivity contribution < 1.29 is 4.39 Å². The molecule has 1 aromatic carbocycles. The summed E-state index contributed by atoms with van der Waals surface area (Å²) in [5.74, 6) is -0.317. The lowest BCUT2D eigenvalue weighted by atomic mass is 10.0. The first kappa shape index (κ1) is 8.64. The lowest BCUT2D eigenvalue weighted by Gasteiger charge is -1.99. The number of hydrogen-bond acceptors (Lipinski definition) is 2. The van der Waals surface area contributed by atoms with Crippen molar-refractivity contribution in [3.63, 3.8) is 0 Å². The minimum absolute atomic E-state index is 0.0441. The van der Waals surface area contributed by atoms with E-state index < -0.39 is 0 Å². The van der Waals surface area contributed by atoms with Crippen molar-refractivity contribution in [3.05, 3.63) is 41.2 Å². The Kier molecular flexibility index (Phi) is 2.11. The number of benzene rings is 1. The molecule has 2 nitrogen and oxygen atoms in total. The van der Waals surface area contributed by atoms with Gasteiger partial charge in [0.1, 0.15) is 17.6 Å². The molecule has 0 radical (unpaired) electrons. The minimum atomic E-state index is -0.317. The van der Waals surface area contributed by atoms with Crippen molar-refractivity contribution in [3.8, 4) is 6.07 Å². The molecule has 1 aliphatic rings. The maximum Gasteiger partial charge on any atom is 0.143 e. The second-order valence-electron chi connectivity index (χ2n) is 2.96. The monoisotopic (exact) mass is 186 g/mol. The van der Waals surface area contributed by atoms with Crippen LogP contribution in [0.2, 0.25) is 0 Å². The van der Waals surface area contributed by atoms with Gasteiger partial charge in [-0.2, -0.15) is 5.26 Å². The third-order valence-electron chi connectivity index (χ3n) is 2.02. The molecule has 0 aromatic heterocycles. The molecular formula is C11H7FN2. The molecule has 0 bridgehead atoms. The highest BCUT2D eigenvalue weighted by Crippen LogP contribution is 2.18. The first-order chi connectivity index (χ1) is 6.81. The van der Waals surface area contributed by atoms with Crippen LogP contribution in [0.3, 0.4) is 0 Å². The van der Waals surface area contributed by atoms with Gasteiger partial charge in [0.05, 0.1) is 6.54 Å². The van der Waals surface area contributed by atoms with Gasteiger partial charge < -0.3 is 0 Å². The summed E-state index contributed by atoms with van der Waals surface area (Å²) in [5.41, 5.74) is 1.70. The topological polar surface area (TPSA) is 36.1 Å². The van der Waals surface area contributed by atoms with E-state index in [4.69, 9.17) is 5.26 Å². The van der Waals surface area contributed by atoms with Gasteiger partial charge in [-0.25, -0.2) is 4.39 Å². The molecule has 0 fully saturated rings. The summed E-state index contributed by atoms with van der Waals surface area (Å²) < 4.78 is 13.1. The maximum atomic E-state index is 13.1. The summed E-state index contributed by atoms with van der Waals surface area (Å²) in [5, 5.41) is 8.82. The Hall–Kier alpha value is -1.95. The van der Waals surface area contributed by atoms with Crippen molar-refractivity contribution in [2.75, 3.05) is 6.54 Å². The number of nitrogens with zero attached hydrogens (tertiary/aromatic N) is 2. The Balaban J connectivity index is 2.65. The molecule has 0 amide bonds. The molecule has 0 saturated heterocycles. The highest BCUT2D eigenvalue weighted by molar-refractivity contribution is 6.14. The van der Waals surface area contributed by atoms with E-state index in [2.05, 4.69) is 4.99 Å². The van der Waals surface area contributed by atoms with E-state index in [1.54, 1.807) is 12.1 Å². The Morgan fingerprint density at radius 2 is 2.14 bits per heavy atom. The zero-order valence-corrected chi connectivity index (χ0v) is 7.37. The average Bonchev–Trinajstić information content (AvgIpc) is 2.36. The average molecular weight is 186 g/mol. The van der Waals surface area contributed by atoms with Crippen LogP contribution in [0.15, 0.2) is 35.1 Å². The summed E-state index contributed by atoms with van der Waals surface area (Å²) >= 11 is 0. The number of rotatable bonds is 0. The second kappa shape index (κ2) is 3.43. The summed E-state index contributed by atoms with van der Waals surface area (Å²) in [4.78, 5) is 3.88. The second-order valence-corrected chi connectivity index (χ2v) is 2.96. The number of fused-ring (bicyclic) bond motifs is 1. The van der Waals surface area contributed by atoms with Crippen LogP contribution in [0.1, 0.15) is 11.1 Å². The molecule has 0 aliphatic carbocycles. The van der Waals surface area contributed by atoms with Crippen LogP contribution >= 0.6 is 0 Å². The summed E-state index contributed by atoms with van der Waals surface area (Å²) in [6, 6.07) is 9.13. The van der Waals surface area contributed by atoms with Gasteiger partial charge in [-0.1, -0.05) is 24.3 Å². The fourth-order valence-electron chi connectivity index (χ4n) is 1.39. The molecule has 3 heteroatoms. The highest BCUT2D eigenvalue weighted by atomic mass is 19.1. The van der Waals surface area contributed by atoms with Gasteiger partial charge in [0.15, 0.2) is 0 Å². The number of aliphatic imine (C=N–C) groups is 1. The minimum Gasteiger partial charge on any atom is -0.266 e. The Labute approximate surface area is 81.0 Å². The first-order valence-electron chi connectivity index (χ1n) is 4.21. The van der Waals surface area contributed by atoms with E-state index in [1.165, 1.54) is 6.08 Å². The van der Waals surface area contributed by atoms with E-state index in [1.807, 2.05) is 18.2 Å². The summed E-state index contributed by atoms with van der Waals surface area (Å²) in [6.07, 6.45) is 1.42. The molecule has 68 valence electrons.